The van der Waals surface area contributed by atoms with E-state index in [9.17, 15) is 13.9 Å². The van der Waals surface area contributed by atoms with Crippen molar-refractivity contribution in [1.29, 1.82) is 0 Å². The van der Waals surface area contributed by atoms with Gasteiger partial charge in [0.25, 0.3) is 0 Å². The van der Waals surface area contributed by atoms with Crippen LogP contribution >= 0.6 is 27.5 Å². The molecular weight excluding hydrogens is 338 g/mol. The molecule has 19 heavy (non-hydrogen) atoms. The van der Waals surface area contributed by atoms with Crippen molar-refractivity contribution in [3.8, 4) is 0 Å². The Hall–Kier alpha value is -0.970. The Bertz CT molecular complexity index is 604. The van der Waals surface area contributed by atoms with Gasteiger partial charge in [-0.2, -0.15) is 0 Å². The molecule has 0 heterocycles. The summed E-state index contributed by atoms with van der Waals surface area (Å²) in [6.07, 6.45) is -0.838. The molecule has 2 rings (SSSR count). The van der Waals surface area contributed by atoms with Crippen molar-refractivity contribution in [2.75, 3.05) is 0 Å². The number of aliphatic hydroxyl groups is 1. The number of rotatable bonds is 3. The minimum absolute atomic E-state index is 0.0622. The lowest BCUT2D eigenvalue weighted by Crippen LogP contribution is -2.04. The lowest BCUT2D eigenvalue weighted by molar-refractivity contribution is 0.177. The Morgan fingerprint density at radius 2 is 1.84 bits per heavy atom. The lowest BCUT2D eigenvalue weighted by atomic mass is 10.0. The molecule has 0 saturated carbocycles. The predicted octanol–water partition coefficient (Wildman–Crippen LogP) is 4.66. The molecular formula is C14H10BrClF2O. The first-order valence-corrected chi connectivity index (χ1v) is 6.71. The monoisotopic (exact) mass is 346 g/mol. The highest BCUT2D eigenvalue weighted by atomic mass is 79.9. The molecule has 1 atom stereocenters. The summed E-state index contributed by atoms with van der Waals surface area (Å²) in [5, 5.41) is 9.96. The fraction of sp³-hybridized carbons (Fsp3) is 0.143. The van der Waals surface area contributed by atoms with Gasteiger partial charge in [-0.05, 0) is 35.4 Å². The van der Waals surface area contributed by atoms with Crippen LogP contribution in [0.1, 0.15) is 17.2 Å². The zero-order valence-corrected chi connectivity index (χ0v) is 12.0. The first kappa shape index (κ1) is 14.4. The zero-order valence-electron chi connectivity index (χ0n) is 9.71. The van der Waals surface area contributed by atoms with E-state index in [1.807, 2.05) is 0 Å². The van der Waals surface area contributed by atoms with Crippen LogP contribution in [0.5, 0.6) is 0 Å². The highest BCUT2D eigenvalue weighted by Gasteiger charge is 2.13. The van der Waals surface area contributed by atoms with E-state index in [1.165, 1.54) is 24.3 Å². The number of halogens is 4. The van der Waals surface area contributed by atoms with Crippen LogP contribution in [0, 0.1) is 11.6 Å². The molecule has 0 saturated heterocycles. The molecule has 0 aromatic heterocycles. The molecule has 0 fully saturated rings. The molecule has 2 aromatic rings. The largest absolute Gasteiger partial charge is 0.388 e. The van der Waals surface area contributed by atoms with Crippen LogP contribution < -0.4 is 0 Å². The maximum atomic E-state index is 13.6. The Morgan fingerprint density at radius 1 is 1.11 bits per heavy atom. The van der Waals surface area contributed by atoms with Crippen LogP contribution in [0.3, 0.4) is 0 Å². The molecule has 0 radical (unpaired) electrons. The summed E-state index contributed by atoms with van der Waals surface area (Å²) in [6, 6.07) is 8.58. The van der Waals surface area contributed by atoms with E-state index in [0.717, 1.165) is 0 Å². The maximum Gasteiger partial charge on any atom is 0.141 e. The van der Waals surface area contributed by atoms with Gasteiger partial charge in [0.1, 0.15) is 11.6 Å². The van der Waals surface area contributed by atoms with E-state index in [2.05, 4.69) is 15.9 Å². The molecule has 0 spiro atoms. The fourth-order valence-corrected chi connectivity index (χ4v) is 2.26. The third kappa shape index (κ3) is 3.53. The van der Waals surface area contributed by atoms with Crippen molar-refractivity contribution < 1.29 is 13.9 Å². The normalized spacial score (nSPS) is 12.5. The maximum absolute atomic E-state index is 13.6. The van der Waals surface area contributed by atoms with E-state index < -0.39 is 17.7 Å². The third-order valence-corrected chi connectivity index (χ3v) is 3.54. The van der Waals surface area contributed by atoms with Crippen LogP contribution in [0.15, 0.2) is 40.9 Å². The number of hydrogen-bond acceptors (Lipinski definition) is 1. The van der Waals surface area contributed by atoms with Crippen LogP contribution in [0.4, 0.5) is 8.78 Å². The predicted molar refractivity (Wildman–Crippen MR) is 74.2 cm³/mol. The minimum atomic E-state index is -0.936. The summed E-state index contributed by atoms with van der Waals surface area (Å²) < 4.78 is 27.3. The minimum Gasteiger partial charge on any atom is -0.388 e. The first-order valence-electron chi connectivity index (χ1n) is 5.54. The van der Waals surface area contributed by atoms with Crippen molar-refractivity contribution in [3.05, 3.63) is 68.7 Å². The van der Waals surface area contributed by atoms with Crippen LogP contribution in [-0.2, 0) is 6.42 Å². The highest BCUT2D eigenvalue weighted by molar-refractivity contribution is 9.10. The van der Waals surface area contributed by atoms with Crippen molar-refractivity contribution in [3.63, 3.8) is 0 Å². The molecule has 2 aromatic carbocycles. The summed E-state index contributed by atoms with van der Waals surface area (Å²) >= 11 is 8.81. The first-order chi connectivity index (χ1) is 8.97. The van der Waals surface area contributed by atoms with Crippen LogP contribution in [-0.4, -0.2) is 5.11 Å². The van der Waals surface area contributed by atoms with Crippen molar-refractivity contribution in [1.82, 2.24) is 0 Å². The number of hydrogen-bond donors (Lipinski definition) is 1. The third-order valence-electron chi connectivity index (χ3n) is 2.76. The second-order valence-corrected chi connectivity index (χ2v) is 5.45. The average molecular weight is 348 g/mol. The Balaban J connectivity index is 2.20. The summed E-state index contributed by atoms with van der Waals surface area (Å²) in [4.78, 5) is 0. The average Bonchev–Trinajstić information content (AvgIpc) is 2.36. The van der Waals surface area contributed by atoms with E-state index in [0.29, 0.717) is 15.6 Å². The molecule has 0 bridgehead atoms. The molecule has 0 amide bonds. The van der Waals surface area contributed by atoms with Crippen LogP contribution in [0.25, 0.3) is 0 Å². The lowest BCUT2D eigenvalue weighted by Gasteiger charge is -2.12. The van der Waals surface area contributed by atoms with Gasteiger partial charge in [0.05, 0.1) is 11.1 Å². The topological polar surface area (TPSA) is 20.2 Å². The molecule has 1 unspecified atom stereocenters. The SMILES string of the molecule is OC(Cc1ccc(Br)cc1F)c1ccc(F)c(Cl)c1. The van der Waals surface area contributed by atoms with E-state index in [1.54, 1.807) is 12.1 Å². The van der Waals surface area contributed by atoms with Crippen molar-refractivity contribution in [2.45, 2.75) is 12.5 Å². The Morgan fingerprint density at radius 3 is 2.47 bits per heavy atom. The molecule has 5 heteroatoms. The molecule has 0 aliphatic carbocycles. The standard InChI is InChI=1S/C14H10BrClF2O/c15-10-3-1-8(13(18)7-10)6-14(19)9-2-4-12(17)11(16)5-9/h1-5,7,14,19H,6H2. The van der Waals surface area contributed by atoms with Gasteiger partial charge in [-0.3, -0.25) is 0 Å². The fourth-order valence-electron chi connectivity index (χ4n) is 1.73. The van der Waals surface area contributed by atoms with Gasteiger partial charge in [-0.25, -0.2) is 8.78 Å². The van der Waals surface area contributed by atoms with Gasteiger partial charge in [0, 0.05) is 10.9 Å². The van der Waals surface area contributed by atoms with Crippen molar-refractivity contribution in [2.24, 2.45) is 0 Å². The number of aliphatic hydroxyl groups excluding tert-OH is 1. The molecule has 1 nitrogen and oxygen atoms in total. The van der Waals surface area contributed by atoms with Crippen LogP contribution in [0.2, 0.25) is 5.02 Å². The number of benzene rings is 2. The van der Waals surface area contributed by atoms with E-state index in [4.69, 9.17) is 11.6 Å². The molecule has 0 aliphatic heterocycles. The van der Waals surface area contributed by atoms with Gasteiger partial charge in [0.2, 0.25) is 0 Å². The summed E-state index contributed by atoms with van der Waals surface area (Å²) in [6.45, 7) is 0. The smallest absolute Gasteiger partial charge is 0.141 e. The summed E-state index contributed by atoms with van der Waals surface area (Å²) in [7, 11) is 0. The zero-order chi connectivity index (χ0) is 14.0. The van der Waals surface area contributed by atoms with E-state index in [-0.39, 0.29) is 11.4 Å². The molecule has 100 valence electrons. The van der Waals surface area contributed by atoms with E-state index >= 15 is 0 Å². The second-order valence-electron chi connectivity index (χ2n) is 4.13. The summed E-state index contributed by atoms with van der Waals surface area (Å²) in [5.41, 5.74) is 0.838. The second kappa shape index (κ2) is 5.99. The van der Waals surface area contributed by atoms with Gasteiger partial charge in [0.15, 0.2) is 0 Å². The van der Waals surface area contributed by atoms with Gasteiger partial charge >= 0.3 is 0 Å². The van der Waals surface area contributed by atoms with Gasteiger partial charge < -0.3 is 5.11 Å². The van der Waals surface area contributed by atoms with Gasteiger partial charge in [-0.1, -0.05) is 39.7 Å². The quantitative estimate of drug-likeness (QED) is 0.856. The Labute approximate surface area is 123 Å². The van der Waals surface area contributed by atoms with Gasteiger partial charge in [-0.15, -0.1) is 0 Å². The van der Waals surface area contributed by atoms with Crippen molar-refractivity contribution >= 4 is 27.5 Å². The summed E-state index contributed by atoms with van der Waals surface area (Å²) in [5.74, 6) is -0.950. The molecule has 1 N–H and O–H groups in total. The molecule has 0 aliphatic rings. The Kier molecular flexibility index (Phi) is 4.55. The highest BCUT2D eigenvalue weighted by Crippen LogP contribution is 2.25.